The molecule has 0 saturated carbocycles. The lowest BCUT2D eigenvalue weighted by Crippen LogP contribution is -2.38. The first-order chi connectivity index (χ1) is 15.4. The highest BCUT2D eigenvalue weighted by Crippen LogP contribution is 2.26. The highest BCUT2D eigenvalue weighted by Gasteiger charge is 2.21. The fraction of sp³-hybridized carbons (Fsp3) is 0.435. The third-order valence-corrected chi connectivity index (χ3v) is 5.27. The molecule has 0 aromatic heterocycles. The molecular weight excluding hydrogens is 412 g/mol. The number of ether oxygens (including phenoxy) is 2. The van der Waals surface area contributed by atoms with Gasteiger partial charge < -0.3 is 20.1 Å². The van der Waals surface area contributed by atoms with Gasteiger partial charge in [0.1, 0.15) is 11.4 Å². The highest BCUT2D eigenvalue weighted by molar-refractivity contribution is 5.95. The molecule has 2 rings (SSSR count). The first-order valence-corrected chi connectivity index (χ1v) is 10.6. The molecule has 0 radical (unpaired) electrons. The summed E-state index contributed by atoms with van der Waals surface area (Å²) in [5.74, 6) is 0.384. The second kappa shape index (κ2) is 12.6. The summed E-state index contributed by atoms with van der Waals surface area (Å²) in [6.45, 7) is 6.94. The van der Waals surface area contributed by atoms with Gasteiger partial charge in [-0.15, -0.1) is 0 Å². The average molecular weight is 445 g/mol. The zero-order valence-corrected chi connectivity index (χ0v) is 19.1. The van der Waals surface area contributed by atoms with E-state index in [1.807, 2.05) is 24.3 Å². The molecule has 2 aromatic rings. The van der Waals surface area contributed by atoms with Gasteiger partial charge >= 0.3 is 0 Å². The van der Waals surface area contributed by atoms with E-state index in [1.54, 1.807) is 26.4 Å². The van der Waals surface area contributed by atoms with Crippen LogP contribution in [0, 0.1) is 10.1 Å². The molecule has 1 amide bonds. The van der Waals surface area contributed by atoms with E-state index in [-0.39, 0.29) is 23.2 Å². The van der Waals surface area contributed by atoms with Gasteiger partial charge in [0.25, 0.3) is 11.6 Å². The number of nitrogens with one attached hydrogen (secondary N) is 2. The Morgan fingerprint density at radius 1 is 1.16 bits per heavy atom. The van der Waals surface area contributed by atoms with Gasteiger partial charge in [0.2, 0.25) is 0 Å². The van der Waals surface area contributed by atoms with Crippen LogP contribution in [0.1, 0.15) is 35.8 Å². The van der Waals surface area contributed by atoms with Gasteiger partial charge in [-0.1, -0.05) is 26.0 Å². The lowest BCUT2D eigenvalue weighted by Gasteiger charge is -2.30. The van der Waals surface area contributed by atoms with Crippen molar-refractivity contribution in [2.45, 2.75) is 19.9 Å². The lowest BCUT2D eigenvalue weighted by atomic mass is 10.0. The Morgan fingerprint density at radius 2 is 1.91 bits per heavy atom. The minimum atomic E-state index is -0.499. The average Bonchev–Trinajstić information content (AvgIpc) is 2.81. The quantitative estimate of drug-likeness (QED) is 0.277. The monoisotopic (exact) mass is 444 g/mol. The van der Waals surface area contributed by atoms with E-state index in [4.69, 9.17) is 9.47 Å². The Bertz CT molecular complexity index is 902. The molecule has 1 unspecified atom stereocenters. The van der Waals surface area contributed by atoms with Gasteiger partial charge in [0, 0.05) is 31.8 Å². The van der Waals surface area contributed by atoms with Crippen LogP contribution in [0.3, 0.4) is 0 Å². The van der Waals surface area contributed by atoms with Crippen LogP contribution in [0.25, 0.3) is 0 Å². The second-order valence-electron chi connectivity index (χ2n) is 7.13. The molecule has 9 heteroatoms. The number of nitro groups is 1. The topological polar surface area (TPSA) is 106 Å². The van der Waals surface area contributed by atoms with Crippen LogP contribution >= 0.6 is 0 Å². The maximum absolute atomic E-state index is 12.8. The predicted molar refractivity (Wildman–Crippen MR) is 124 cm³/mol. The molecule has 0 aliphatic carbocycles. The van der Waals surface area contributed by atoms with Crippen LogP contribution in [0.15, 0.2) is 42.5 Å². The summed E-state index contributed by atoms with van der Waals surface area (Å²) in [4.78, 5) is 26.1. The van der Waals surface area contributed by atoms with Crippen molar-refractivity contribution in [2.24, 2.45) is 0 Å². The molecule has 9 nitrogen and oxygen atoms in total. The normalized spacial score (nSPS) is 11.8. The summed E-state index contributed by atoms with van der Waals surface area (Å²) in [6.07, 6.45) is 0. The zero-order chi connectivity index (χ0) is 23.5. The standard InChI is InChI=1S/C23H32N4O5/c1-5-26(6-2)22(17-8-7-9-19(14-17)32-4)16-25-23(28)18-10-11-20(24-12-13-31-3)21(15-18)27(29)30/h7-11,14-15,22,24H,5-6,12-13,16H2,1-4H3,(H,25,28). The third kappa shape index (κ3) is 6.66. The number of amides is 1. The second-order valence-corrected chi connectivity index (χ2v) is 7.13. The van der Waals surface area contributed by atoms with Crippen molar-refractivity contribution >= 4 is 17.3 Å². The van der Waals surface area contributed by atoms with Crippen molar-refractivity contribution in [3.05, 3.63) is 63.7 Å². The summed E-state index contributed by atoms with van der Waals surface area (Å²) < 4.78 is 10.3. The summed E-state index contributed by atoms with van der Waals surface area (Å²) in [5.41, 5.74) is 1.46. The van der Waals surface area contributed by atoms with Crippen LogP contribution < -0.4 is 15.4 Å². The molecule has 2 aromatic carbocycles. The Labute approximate surface area is 188 Å². The van der Waals surface area contributed by atoms with Crippen LogP contribution in [0.4, 0.5) is 11.4 Å². The van der Waals surface area contributed by atoms with Crippen molar-refractivity contribution < 1.29 is 19.2 Å². The first kappa shape index (κ1) is 25.1. The number of hydrogen-bond acceptors (Lipinski definition) is 7. The number of benzene rings is 2. The number of anilines is 1. The third-order valence-electron chi connectivity index (χ3n) is 5.27. The molecule has 32 heavy (non-hydrogen) atoms. The van der Waals surface area contributed by atoms with Crippen LogP contribution in [0.5, 0.6) is 5.75 Å². The molecule has 1 atom stereocenters. The zero-order valence-electron chi connectivity index (χ0n) is 19.1. The van der Waals surface area contributed by atoms with Crippen molar-refractivity contribution in [3.63, 3.8) is 0 Å². The number of carbonyl (C=O) groups is 1. The van der Waals surface area contributed by atoms with Gasteiger partial charge in [-0.3, -0.25) is 19.8 Å². The Morgan fingerprint density at radius 3 is 2.53 bits per heavy atom. The van der Waals surface area contributed by atoms with Gasteiger partial charge in [0.05, 0.1) is 24.7 Å². The van der Waals surface area contributed by atoms with E-state index in [9.17, 15) is 14.9 Å². The summed E-state index contributed by atoms with van der Waals surface area (Å²) in [6, 6.07) is 12.1. The van der Waals surface area contributed by atoms with Crippen molar-refractivity contribution in [1.29, 1.82) is 0 Å². The molecule has 0 bridgehead atoms. The van der Waals surface area contributed by atoms with E-state index in [0.29, 0.717) is 25.4 Å². The molecule has 0 saturated heterocycles. The highest BCUT2D eigenvalue weighted by atomic mass is 16.6. The van der Waals surface area contributed by atoms with Crippen LogP contribution in [-0.2, 0) is 4.74 Å². The molecule has 0 aliphatic heterocycles. The number of methoxy groups -OCH3 is 2. The van der Waals surface area contributed by atoms with E-state index in [2.05, 4.69) is 29.4 Å². The lowest BCUT2D eigenvalue weighted by molar-refractivity contribution is -0.384. The SMILES string of the molecule is CCN(CC)C(CNC(=O)c1ccc(NCCOC)c([N+](=O)[O-])c1)c1cccc(OC)c1. The summed E-state index contributed by atoms with van der Waals surface area (Å²) >= 11 is 0. The number of rotatable bonds is 13. The van der Waals surface area contributed by atoms with Crippen molar-refractivity contribution in [1.82, 2.24) is 10.2 Å². The molecule has 0 aliphatic rings. The van der Waals surface area contributed by atoms with Crippen LogP contribution in [-0.4, -0.2) is 62.7 Å². The smallest absolute Gasteiger partial charge is 0.293 e. The predicted octanol–water partition coefficient (Wildman–Crippen LogP) is 3.47. The van der Waals surface area contributed by atoms with Gasteiger partial charge in [-0.2, -0.15) is 0 Å². The van der Waals surface area contributed by atoms with Gasteiger partial charge in [0.15, 0.2) is 0 Å². The molecule has 174 valence electrons. The number of nitro benzene ring substituents is 1. The molecule has 0 heterocycles. The molecule has 0 fully saturated rings. The summed E-state index contributed by atoms with van der Waals surface area (Å²) in [5, 5.41) is 17.4. The number of likely N-dealkylation sites (N-methyl/N-ethyl adjacent to an activating group) is 1. The number of nitrogens with zero attached hydrogens (tertiary/aromatic N) is 2. The maximum atomic E-state index is 12.8. The van der Waals surface area contributed by atoms with Gasteiger partial charge in [-0.05, 0) is 42.9 Å². The van der Waals surface area contributed by atoms with Crippen LogP contribution in [0.2, 0.25) is 0 Å². The first-order valence-electron chi connectivity index (χ1n) is 10.6. The van der Waals surface area contributed by atoms with Crippen molar-refractivity contribution in [2.75, 3.05) is 52.3 Å². The fourth-order valence-electron chi connectivity index (χ4n) is 3.52. The van der Waals surface area contributed by atoms with E-state index in [0.717, 1.165) is 24.4 Å². The van der Waals surface area contributed by atoms with Gasteiger partial charge in [-0.25, -0.2) is 0 Å². The fourth-order valence-corrected chi connectivity index (χ4v) is 3.52. The molecule has 0 spiro atoms. The Hall–Kier alpha value is -3.17. The number of hydrogen-bond donors (Lipinski definition) is 2. The van der Waals surface area contributed by atoms with E-state index < -0.39 is 4.92 Å². The maximum Gasteiger partial charge on any atom is 0.293 e. The minimum Gasteiger partial charge on any atom is -0.497 e. The largest absolute Gasteiger partial charge is 0.497 e. The Kier molecular flexibility index (Phi) is 9.90. The number of carbonyl (C=O) groups excluding carboxylic acids is 1. The summed E-state index contributed by atoms with van der Waals surface area (Å²) in [7, 11) is 3.18. The molecule has 2 N–H and O–H groups in total. The van der Waals surface area contributed by atoms with E-state index >= 15 is 0 Å². The minimum absolute atomic E-state index is 0.0611. The molecular formula is C23H32N4O5. The Balaban J connectivity index is 2.19. The van der Waals surface area contributed by atoms with Crippen molar-refractivity contribution in [3.8, 4) is 5.75 Å². The van der Waals surface area contributed by atoms with E-state index in [1.165, 1.54) is 6.07 Å².